The highest BCUT2D eigenvalue weighted by Crippen LogP contribution is 2.34. The summed E-state index contributed by atoms with van der Waals surface area (Å²) in [5, 5.41) is 0.653. The summed E-state index contributed by atoms with van der Waals surface area (Å²) in [6.45, 7) is 2.93. The number of carbonyl (C=O) groups excluding carboxylic acids is 1. The van der Waals surface area contributed by atoms with Gasteiger partial charge in [0, 0.05) is 5.03 Å². The SMILES string of the molecule is CC1(COCc2ccccc2)CCC(Cl)=CC1=O. The van der Waals surface area contributed by atoms with Gasteiger partial charge in [-0.25, -0.2) is 0 Å². The molecule has 2 rings (SSSR count). The molecule has 0 radical (unpaired) electrons. The van der Waals surface area contributed by atoms with Gasteiger partial charge < -0.3 is 4.74 Å². The third-order valence-corrected chi connectivity index (χ3v) is 3.63. The Bertz CT molecular complexity index is 453. The highest BCUT2D eigenvalue weighted by molar-refractivity contribution is 6.31. The maximum atomic E-state index is 11.9. The van der Waals surface area contributed by atoms with Crippen LogP contribution in [0.3, 0.4) is 0 Å². The number of halogens is 1. The van der Waals surface area contributed by atoms with Gasteiger partial charge in [-0.15, -0.1) is 0 Å². The van der Waals surface area contributed by atoms with Gasteiger partial charge >= 0.3 is 0 Å². The minimum atomic E-state index is -0.423. The van der Waals surface area contributed by atoms with Crippen LogP contribution >= 0.6 is 11.6 Å². The maximum Gasteiger partial charge on any atom is 0.165 e. The second-order valence-corrected chi connectivity index (χ2v) is 5.48. The Morgan fingerprint density at radius 2 is 2.06 bits per heavy atom. The van der Waals surface area contributed by atoms with E-state index in [-0.39, 0.29) is 5.78 Å². The zero-order chi connectivity index (χ0) is 13.0. The van der Waals surface area contributed by atoms with Crippen molar-refractivity contribution in [3.63, 3.8) is 0 Å². The van der Waals surface area contributed by atoms with Crippen LogP contribution < -0.4 is 0 Å². The van der Waals surface area contributed by atoms with Crippen LogP contribution in [0.4, 0.5) is 0 Å². The lowest BCUT2D eigenvalue weighted by molar-refractivity contribution is -0.127. The van der Waals surface area contributed by atoms with Gasteiger partial charge in [0.05, 0.1) is 18.6 Å². The van der Waals surface area contributed by atoms with Crippen molar-refractivity contribution < 1.29 is 9.53 Å². The van der Waals surface area contributed by atoms with Gasteiger partial charge in [0.2, 0.25) is 0 Å². The standard InChI is InChI=1S/C15H17ClO2/c1-15(8-7-13(16)9-14(15)17)11-18-10-12-5-3-2-4-6-12/h2-6,9H,7-8,10-11H2,1H3. The van der Waals surface area contributed by atoms with E-state index >= 15 is 0 Å². The molecule has 1 aliphatic carbocycles. The van der Waals surface area contributed by atoms with E-state index in [9.17, 15) is 4.79 Å². The van der Waals surface area contributed by atoms with Gasteiger partial charge in [-0.05, 0) is 24.5 Å². The lowest BCUT2D eigenvalue weighted by Crippen LogP contribution is -2.34. The van der Waals surface area contributed by atoms with Crippen LogP contribution in [0.2, 0.25) is 0 Å². The molecule has 3 heteroatoms. The number of carbonyl (C=O) groups is 1. The summed E-state index contributed by atoms with van der Waals surface area (Å²) < 4.78 is 5.67. The summed E-state index contributed by atoms with van der Waals surface area (Å²) in [7, 11) is 0. The zero-order valence-electron chi connectivity index (χ0n) is 10.5. The number of ketones is 1. The third-order valence-electron chi connectivity index (χ3n) is 3.33. The Morgan fingerprint density at radius 1 is 1.33 bits per heavy atom. The number of hydrogen-bond acceptors (Lipinski definition) is 2. The van der Waals surface area contributed by atoms with Crippen LogP contribution in [0, 0.1) is 5.41 Å². The molecule has 1 aromatic carbocycles. The molecular formula is C15H17ClO2. The van der Waals surface area contributed by atoms with E-state index in [0.717, 1.165) is 18.4 Å². The van der Waals surface area contributed by atoms with Crippen LogP contribution in [-0.4, -0.2) is 12.4 Å². The van der Waals surface area contributed by atoms with Gasteiger partial charge in [-0.1, -0.05) is 48.9 Å². The molecule has 0 amide bonds. The second kappa shape index (κ2) is 5.68. The van der Waals surface area contributed by atoms with Crippen molar-refractivity contribution in [2.75, 3.05) is 6.61 Å². The molecule has 0 aromatic heterocycles. The minimum Gasteiger partial charge on any atom is -0.376 e. The topological polar surface area (TPSA) is 26.3 Å². The predicted molar refractivity (Wildman–Crippen MR) is 72.4 cm³/mol. The van der Waals surface area contributed by atoms with Crippen LogP contribution in [0.15, 0.2) is 41.4 Å². The summed E-state index contributed by atoms with van der Waals surface area (Å²) in [5.74, 6) is 0.0758. The smallest absolute Gasteiger partial charge is 0.165 e. The first kappa shape index (κ1) is 13.3. The molecular weight excluding hydrogens is 248 g/mol. The van der Waals surface area contributed by atoms with Crippen molar-refractivity contribution in [2.45, 2.75) is 26.4 Å². The largest absolute Gasteiger partial charge is 0.376 e. The fourth-order valence-corrected chi connectivity index (χ4v) is 2.21. The molecule has 0 heterocycles. The number of ether oxygens (including phenoxy) is 1. The van der Waals surface area contributed by atoms with Crippen LogP contribution in [0.5, 0.6) is 0 Å². The quantitative estimate of drug-likeness (QED) is 0.829. The molecule has 0 saturated heterocycles. The van der Waals surface area contributed by atoms with Crippen molar-refractivity contribution in [3.8, 4) is 0 Å². The number of allylic oxidation sites excluding steroid dienone is 2. The van der Waals surface area contributed by atoms with Crippen molar-refractivity contribution in [1.82, 2.24) is 0 Å². The normalized spacial score (nSPS) is 23.9. The van der Waals surface area contributed by atoms with E-state index in [1.807, 2.05) is 37.3 Å². The average Bonchev–Trinajstić information content (AvgIpc) is 2.36. The molecule has 1 unspecified atom stereocenters. The van der Waals surface area contributed by atoms with E-state index in [1.54, 1.807) is 0 Å². The van der Waals surface area contributed by atoms with Gasteiger partial charge in [-0.2, -0.15) is 0 Å². The Hall–Kier alpha value is -1.12. The maximum absolute atomic E-state index is 11.9. The van der Waals surface area contributed by atoms with Crippen molar-refractivity contribution in [2.24, 2.45) is 5.41 Å². The Balaban J connectivity index is 1.89. The Labute approximate surface area is 113 Å². The summed E-state index contributed by atoms with van der Waals surface area (Å²) in [6.07, 6.45) is 3.06. The van der Waals surface area contributed by atoms with E-state index in [0.29, 0.717) is 18.2 Å². The van der Waals surface area contributed by atoms with Crippen molar-refractivity contribution in [1.29, 1.82) is 0 Å². The average molecular weight is 265 g/mol. The first-order valence-corrected chi connectivity index (χ1v) is 6.50. The van der Waals surface area contributed by atoms with Crippen LogP contribution in [0.1, 0.15) is 25.3 Å². The number of rotatable bonds is 4. The first-order chi connectivity index (χ1) is 8.60. The summed E-state index contributed by atoms with van der Waals surface area (Å²) in [4.78, 5) is 11.9. The molecule has 1 aromatic rings. The van der Waals surface area contributed by atoms with Crippen molar-refractivity contribution in [3.05, 3.63) is 47.0 Å². The lowest BCUT2D eigenvalue weighted by Gasteiger charge is -2.29. The third kappa shape index (κ3) is 3.21. The van der Waals surface area contributed by atoms with Gasteiger partial charge in [0.15, 0.2) is 5.78 Å². The van der Waals surface area contributed by atoms with Crippen LogP contribution in [-0.2, 0) is 16.1 Å². The number of benzene rings is 1. The molecule has 1 aliphatic rings. The molecule has 0 fully saturated rings. The van der Waals surface area contributed by atoms with Crippen molar-refractivity contribution >= 4 is 17.4 Å². The minimum absolute atomic E-state index is 0.0758. The summed E-state index contributed by atoms with van der Waals surface area (Å²) >= 11 is 5.87. The highest BCUT2D eigenvalue weighted by atomic mass is 35.5. The first-order valence-electron chi connectivity index (χ1n) is 6.12. The predicted octanol–water partition coefficient (Wildman–Crippen LogP) is 3.70. The van der Waals surface area contributed by atoms with Gasteiger partial charge in [0.25, 0.3) is 0 Å². The lowest BCUT2D eigenvalue weighted by atomic mass is 9.78. The van der Waals surface area contributed by atoms with Gasteiger partial charge in [0.1, 0.15) is 0 Å². The molecule has 0 spiro atoms. The molecule has 0 N–H and O–H groups in total. The molecule has 0 aliphatic heterocycles. The molecule has 2 nitrogen and oxygen atoms in total. The molecule has 0 saturated carbocycles. The van der Waals surface area contributed by atoms with E-state index in [1.165, 1.54) is 6.08 Å². The van der Waals surface area contributed by atoms with E-state index in [4.69, 9.17) is 16.3 Å². The number of hydrogen-bond donors (Lipinski definition) is 0. The Kier molecular flexibility index (Phi) is 4.20. The molecule has 0 bridgehead atoms. The molecule has 96 valence electrons. The van der Waals surface area contributed by atoms with Gasteiger partial charge in [-0.3, -0.25) is 4.79 Å². The highest BCUT2D eigenvalue weighted by Gasteiger charge is 2.34. The fraction of sp³-hybridized carbons (Fsp3) is 0.400. The molecule has 18 heavy (non-hydrogen) atoms. The van der Waals surface area contributed by atoms with Crippen LogP contribution in [0.25, 0.3) is 0 Å². The zero-order valence-corrected chi connectivity index (χ0v) is 11.2. The van der Waals surface area contributed by atoms with E-state index < -0.39 is 5.41 Å². The monoisotopic (exact) mass is 264 g/mol. The second-order valence-electron chi connectivity index (χ2n) is 4.99. The molecule has 1 atom stereocenters. The van der Waals surface area contributed by atoms with E-state index in [2.05, 4.69) is 0 Å². The summed E-state index contributed by atoms with van der Waals surface area (Å²) in [5.41, 5.74) is 0.700. The summed E-state index contributed by atoms with van der Waals surface area (Å²) in [6, 6.07) is 9.97. The fourth-order valence-electron chi connectivity index (χ4n) is 2.02. The Morgan fingerprint density at radius 3 is 2.72 bits per heavy atom.